The van der Waals surface area contributed by atoms with E-state index in [9.17, 15) is 14.4 Å². The Bertz CT molecular complexity index is 997. The zero-order chi connectivity index (χ0) is 18.7. The molecule has 0 aliphatic carbocycles. The molecular weight excluding hydrogens is 340 g/mol. The number of primary amides is 1. The highest BCUT2D eigenvalue weighted by molar-refractivity contribution is 6.05. The van der Waals surface area contributed by atoms with Gasteiger partial charge in [0.25, 0.3) is 11.6 Å². The number of benzene rings is 1. The van der Waals surface area contributed by atoms with E-state index in [4.69, 9.17) is 15.0 Å². The lowest BCUT2D eigenvalue weighted by Gasteiger charge is -2.07. The number of aromatic nitrogens is 2. The molecule has 0 saturated carbocycles. The summed E-state index contributed by atoms with van der Waals surface area (Å²) in [5.74, 6) is -1.61. The quantitative estimate of drug-likeness (QED) is 0.678. The van der Waals surface area contributed by atoms with Gasteiger partial charge in [0, 0.05) is 5.56 Å². The Balaban J connectivity index is 1.95. The minimum atomic E-state index is -1.03. The normalized spacial score (nSPS) is 10.5. The summed E-state index contributed by atoms with van der Waals surface area (Å²) in [4.78, 5) is 38.9. The van der Waals surface area contributed by atoms with E-state index in [1.165, 1.54) is 6.07 Å². The number of fused-ring (bicyclic) bond motifs is 1. The average Bonchev–Trinajstić information content (AvgIpc) is 3.00. The summed E-state index contributed by atoms with van der Waals surface area (Å²) in [5, 5.41) is 6.03. The van der Waals surface area contributed by atoms with E-state index < -0.39 is 24.5 Å². The van der Waals surface area contributed by atoms with Gasteiger partial charge in [-0.1, -0.05) is 35.5 Å². The maximum atomic E-state index is 12.5. The highest BCUT2D eigenvalue weighted by Gasteiger charge is 2.21. The zero-order valence-electron chi connectivity index (χ0n) is 13.7. The monoisotopic (exact) mass is 354 g/mol. The lowest BCUT2D eigenvalue weighted by atomic mass is 10.1. The third-order valence-corrected chi connectivity index (χ3v) is 3.50. The van der Waals surface area contributed by atoms with Crippen LogP contribution in [-0.2, 0) is 9.53 Å². The molecule has 132 valence electrons. The number of urea groups is 1. The minimum absolute atomic E-state index is 0.152. The van der Waals surface area contributed by atoms with Gasteiger partial charge in [-0.2, -0.15) is 0 Å². The fraction of sp³-hybridized carbons (Fsp3) is 0.118. The van der Waals surface area contributed by atoms with Crippen molar-refractivity contribution in [1.29, 1.82) is 0 Å². The lowest BCUT2D eigenvalue weighted by Crippen LogP contribution is -2.37. The second kappa shape index (κ2) is 7.01. The third-order valence-electron chi connectivity index (χ3n) is 3.50. The number of pyridine rings is 1. The molecule has 0 unspecified atom stereocenters. The second-order valence-corrected chi connectivity index (χ2v) is 5.36. The Kier molecular flexibility index (Phi) is 4.61. The van der Waals surface area contributed by atoms with E-state index in [2.05, 4.69) is 10.1 Å². The van der Waals surface area contributed by atoms with Crippen LogP contribution in [-0.4, -0.2) is 34.7 Å². The highest BCUT2D eigenvalue weighted by atomic mass is 16.5. The number of amides is 3. The summed E-state index contributed by atoms with van der Waals surface area (Å²) in [6, 6.07) is 9.68. The van der Waals surface area contributed by atoms with Gasteiger partial charge in [0.15, 0.2) is 6.61 Å². The number of carbonyl (C=O) groups is 3. The fourth-order valence-corrected chi connectivity index (χ4v) is 2.39. The van der Waals surface area contributed by atoms with E-state index in [1.807, 2.05) is 35.6 Å². The van der Waals surface area contributed by atoms with Crippen molar-refractivity contribution in [3.63, 3.8) is 0 Å². The smallest absolute Gasteiger partial charge is 0.339 e. The fourth-order valence-electron chi connectivity index (χ4n) is 2.39. The molecule has 0 aliphatic heterocycles. The molecule has 0 bridgehead atoms. The number of nitrogens with zero attached hydrogens (tertiary/aromatic N) is 2. The van der Waals surface area contributed by atoms with Gasteiger partial charge >= 0.3 is 12.0 Å². The number of ether oxygens (including phenoxy) is 1. The van der Waals surface area contributed by atoms with E-state index >= 15 is 0 Å². The van der Waals surface area contributed by atoms with Crippen LogP contribution in [0.2, 0.25) is 0 Å². The minimum Gasteiger partial charge on any atom is -0.452 e. The van der Waals surface area contributed by atoms with Crippen molar-refractivity contribution in [1.82, 2.24) is 15.5 Å². The van der Waals surface area contributed by atoms with Crippen LogP contribution < -0.4 is 11.1 Å². The number of imide groups is 1. The third kappa shape index (κ3) is 3.51. The first-order chi connectivity index (χ1) is 12.5. The molecule has 2 aromatic heterocycles. The largest absolute Gasteiger partial charge is 0.452 e. The molecule has 0 fully saturated rings. The predicted molar refractivity (Wildman–Crippen MR) is 90.0 cm³/mol. The van der Waals surface area contributed by atoms with Crippen molar-refractivity contribution in [2.45, 2.75) is 6.92 Å². The number of aryl methyl sites for hydroxylation is 1. The molecule has 3 amide bonds. The summed E-state index contributed by atoms with van der Waals surface area (Å²) in [6.45, 7) is 1.00. The molecule has 0 saturated heterocycles. The summed E-state index contributed by atoms with van der Waals surface area (Å²) in [5.41, 5.74) is 6.88. The van der Waals surface area contributed by atoms with Crippen molar-refractivity contribution >= 4 is 29.0 Å². The number of esters is 1. The van der Waals surface area contributed by atoms with Gasteiger partial charge in [-0.05, 0) is 13.0 Å². The Morgan fingerprint density at radius 3 is 2.65 bits per heavy atom. The van der Waals surface area contributed by atoms with Crippen LogP contribution in [0.25, 0.3) is 22.4 Å². The molecule has 0 aliphatic rings. The topological polar surface area (TPSA) is 137 Å². The molecule has 1 aromatic carbocycles. The molecule has 9 nitrogen and oxygen atoms in total. The maximum Gasteiger partial charge on any atom is 0.339 e. The molecule has 3 N–H and O–H groups in total. The number of carbonyl (C=O) groups excluding carboxylic acids is 3. The number of hydrogen-bond acceptors (Lipinski definition) is 7. The Morgan fingerprint density at radius 2 is 1.96 bits per heavy atom. The first-order valence-corrected chi connectivity index (χ1v) is 7.54. The molecule has 2 heterocycles. The molecule has 0 radical (unpaired) electrons. The molecule has 0 atom stereocenters. The average molecular weight is 354 g/mol. The van der Waals surface area contributed by atoms with Crippen LogP contribution in [0.1, 0.15) is 16.1 Å². The SMILES string of the molecule is Cc1noc2nc(-c3ccccc3)cc(C(=O)OCC(=O)NC(N)=O)c12. The van der Waals surface area contributed by atoms with Gasteiger partial charge < -0.3 is 15.0 Å². The van der Waals surface area contributed by atoms with Gasteiger partial charge in [-0.3, -0.25) is 10.1 Å². The molecule has 0 spiro atoms. The van der Waals surface area contributed by atoms with Crippen LogP contribution in [0, 0.1) is 6.92 Å². The Hall–Kier alpha value is -3.75. The van der Waals surface area contributed by atoms with Crippen molar-refractivity contribution in [3.8, 4) is 11.3 Å². The maximum absolute atomic E-state index is 12.5. The number of nitrogens with two attached hydrogens (primary N) is 1. The lowest BCUT2D eigenvalue weighted by molar-refractivity contribution is -0.123. The van der Waals surface area contributed by atoms with E-state index in [-0.39, 0.29) is 11.3 Å². The zero-order valence-corrected chi connectivity index (χ0v) is 13.7. The molecule has 26 heavy (non-hydrogen) atoms. The molecular formula is C17H14N4O5. The van der Waals surface area contributed by atoms with Crippen LogP contribution in [0.5, 0.6) is 0 Å². The van der Waals surface area contributed by atoms with Crippen LogP contribution in [0.3, 0.4) is 0 Å². The number of hydrogen-bond donors (Lipinski definition) is 2. The number of rotatable bonds is 4. The van der Waals surface area contributed by atoms with Crippen LogP contribution in [0.4, 0.5) is 4.79 Å². The van der Waals surface area contributed by atoms with E-state index in [0.29, 0.717) is 16.8 Å². The van der Waals surface area contributed by atoms with Crippen molar-refractivity contribution in [2.24, 2.45) is 5.73 Å². The molecule has 9 heteroatoms. The van der Waals surface area contributed by atoms with Crippen LogP contribution in [0.15, 0.2) is 40.9 Å². The van der Waals surface area contributed by atoms with Crippen LogP contribution >= 0.6 is 0 Å². The summed E-state index contributed by atoms with van der Waals surface area (Å²) < 4.78 is 10.1. The molecule has 3 rings (SSSR count). The first-order valence-electron chi connectivity index (χ1n) is 7.54. The Labute approximate surface area is 147 Å². The Morgan fingerprint density at radius 1 is 1.23 bits per heavy atom. The van der Waals surface area contributed by atoms with Crippen molar-refractivity contribution < 1.29 is 23.6 Å². The first kappa shape index (κ1) is 17.1. The van der Waals surface area contributed by atoms with Gasteiger partial charge in [0.05, 0.1) is 22.3 Å². The summed E-state index contributed by atoms with van der Waals surface area (Å²) >= 11 is 0. The predicted octanol–water partition coefficient (Wildman–Crippen LogP) is 1.55. The standard InChI is InChI=1S/C17H14N4O5/c1-9-14-11(16(23)25-8-13(22)20-17(18)24)7-12(19-15(14)26-21-9)10-5-3-2-4-6-10/h2-7H,8H2,1H3,(H3,18,20,22,24). The summed E-state index contributed by atoms with van der Waals surface area (Å²) in [7, 11) is 0. The van der Waals surface area contributed by atoms with Gasteiger partial charge in [-0.25, -0.2) is 14.6 Å². The van der Waals surface area contributed by atoms with Gasteiger partial charge in [0.2, 0.25) is 0 Å². The van der Waals surface area contributed by atoms with E-state index in [0.717, 1.165) is 5.56 Å². The second-order valence-electron chi connectivity index (χ2n) is 5.36. The van der Waals surface area contributed by atoms with Gasteiger partial charge in [0.1, 0.15) is 0 Å². The van der Waals surface area contributed by atoms with Crippen molar-refractivity contribution in [2.75, 3.05) is 6.61 Å². The number of nitrogens with one attached hydrogen (secondary N) is 1. The summed E-state index contributed by atoms with van der Waals surface area (Å²) in [6.07, 6.45) is 0. The van der Waals surface area contributed by atoms with Gasteiger partial charge in [-0.15, -0.1) is 0 Å². The highest BCUT2D eigenvalue weighted by Crippen LogP contribution is 2.27. The van der Waals surface area contributed by atoms with Crippen molar-refractivity contribution in [3.05, 3.63) is 47.7 Å². The van der Waals surface area contributed by atoms with E-state index in [1.54, 1.807) is 6.92 Å². The molecule has 3 aromatic rings.